The molecule has 3 rings (SSSR count). The first-order chi connectivity index (χ1) is 16.6. The van der Waals surface area contributed by atoms with Gasteiger partial charge >= 0.3 is 0 Å². The minimum atomic E-state index is -3.59. The Labute approximate surface area is 203 Å². The molecule has 0 aliphatic rings. The number of aromatic nitrogens is 5. The van der Waals surface area contributed by atoms with E-state index in [4.69, 9.17) is 9.47 Å². The second-order valence-electron chi connectivity index (χ2n) is 7.78. The summed E-state index contributed by atoms with van der Waals surface area (Å²) < 4.78 is 35.9. The SMILES string of the molecule is CCOc1cncc(-c2ccc(NC(=O)C(C)(CCOC)c3ccnc(NS(C)(=O)=O)n3)nc2)n1. The lowest BCUT2D eigenvalue weighted by molar-refractivity contribution is -0.121. The first-order valence-corrected chi connectivity index (χ1v) is 12.6. The molecule has 3 aromatic heterocycles. The maximum Gasteiger partial charge on any atom is 0.237 e. The zero-order valence-corrected chi connectivity index (χ0v) is 20.7. The van der Waals surface area contributed by atoms with Crippen LogP contribution in [-0.2, 0) is 25.0 Å². The number of carbonyl (C=O) groups excluding carboxylic acids is 1. The van der Waals surface area contributed by atoms with E-state index in [2.05, 4.69) is 35.0 Å². The van der Waals surface area contributed by atoms with Gasteiger partial charge in [0.05, 0.1) is 42.1 Å². The second-order valence-corrected chi connectivity index (χ2v) is 9.52. The molecule has 1 amide bonds. The van der Waals surface area contributed by atoms with Crippen LogP contribution in [0.1, 0.15) is 26.0 Å². The van der Waals surface area contributed by atoms with Crippen LogP contribution in [0.5, 0.6) is 5.88 Å². The summed E-state index contributed by atoms with van der Waals surface area (Å²) in [7, 11) is -2.06. The van der Waals surface area contributed by atoms with Gasteiger partial charge in [0.15, 0.2) is 0 Å². The Morgan fingerprint density at radius 2 is 1.91 bits per heavy atom. The van der Waals surface area contributed by atoms with E-state index in [1.165, 1.54) is 19.5 Å². The molecule has 12 nitrogen and oxygen atoms in total. The van der Waals surface area contributed by atoms with Gasteiger partial charge in [-0.2, -0.15) is 0 Å². The number of anilines is 2. The largest absolute Gasteiger partial charge is 0.477 e. The Balaban J connectivity index is 1.83. The number of nitrogens with zero attached hydrogens (tertiary/aromatic N) is 5. The summed E-state index contributed by atoms with van der Waals surface area (Å²) in [6.45, 7) is 4.29. The van der Waals surface area contributed by atoms with Crippen LogP contribution >= 0.6 is 0 Å². The van der Waals surface area contributed by atoms with Crippen molar-refractivity contribution in [3.63, 3.8) is 0 Å². The average Bonchev–Trinajstić information content (AvgIpc) is 2.82. The highest BCUT2D eigenvalue weighted by Crippen LogP contribution is 2.29. The zero-order chi connectivity index (χ0) is 25.5. The monoisotopic (exact) mass is 501 g/mol. The molecule has 0 radical (unpaired) electrons. The van der Waals surface area contributed by atoms with Crippen molar-refractivity contribution < 1.29 is 22.7 Å². The van der Waals surface area contributed by atoms with Crippen LogP contribution in [-0.4, -0.2) is 65.8 Å². The quantitative estimate of drug-likeness (QED) is 0.398. The molecular weight excluding hydrogens is 474 g/mol. The average molecular weight is 502 g/mol. The number of methoxy groups -OCH3 is 1. The molecule has 1 unspecified atom stereocenters. The Kier molecular flexibility index (Phi) is 8.25. The number of nitrogens with one attached hydrogen (secondary N) is 2. The molecule has 0 bridgehead atoms. The summed E-state index contributed by atoms with van der Waals surface area (Å²) in [5, 5.41) is 2.80. The van der Waals surface area contributed by atoms with E-state index in [1.807, 2.05) is 6.92 Å². The minimum absolute atomic E-state index is 0.126. The molecule has 3 heterocycles. The number of sulfonamides is 1. The Morgan fingerprint density at radius 3 is 2.57 bits per heavy atom. The molecule has 0 aliphatic heterocycles. The summed E-state index contributed by atoms with van der Waals surface area (Å²) in [5.41, 5.74) is 0.447. The third-order valence-corrected chi connectivity index (χ3v) is 5.56. The number of amides is 1. The van der Waals surface area contributed by atoms with Gasteiger partial charge in [0.25, 0.3) is 0 Å². The van der Waals surface area contributed by atoms with Crippen molar-refractivity contribution in [3.05, 3.63) is 48.7 Å². The van der Waals surface area contributed by atoms with E-state index in [0.29, 0.717) is 35.3 Å². The third-order valence-electron chi connectivity index (χ3n) is 5.01. The summed E-state index contributed by atoms with van der Waals surface area (Å²) >= 11 is 0. The predicted molar refractivity (Wildman–Crippen MR) is 129 cm³/mol. The van der Waals surface area contributed by atoms with E-state index in [1.54, 1.807) is 37.5 Å². The van der Waals surface area contributed by atoms with Gasteiger partial charge in [-0.15, -0.1) is 0 Å². The van der Waals surface area contributed by atoms with E-state index in [0.717, 1.165) is 6.26 Å². The van der Waals surface area contributed by atoms with Crippen molar-refractivity contribution in [2.45, 2.75) is 25.7 Å². The normalized spacial score (nSPS) is 13.0. The molecule has 2 N–H and O–H groups in total. The molecule has 0 saturated carbocycles. The van der Waals surface area contributed by atoms with Crippen molar-refractivity contribution in [1.82, 2.24) is 24.9 Å². The van der Waals surface area contributed by atoms with E-state index in [9.17, 15) is 13.2 Å². The third kappa shape index (κ3) is 6.90. The van der Waals surface area contributed by atoms with Crippen LogP contribution in [0.4, 0.5) is 11.8 Å². The number of pyridine rings is 1. The molecule has 0 aliphatic carbocycles. The minimum Gasteiger partial charge on any atom is -0.477 e. The Morgan fingerprint density at radius 1 is 1.11 bits per heavy atom. The molecule has 1 atom stereocenters. The molecule has 13 heteroatoms. The van der Waals surface area contributed by atoms with Gasteiger partial charge in [-0.05, 0) is 38.5 Å². The molecule has 3 aromatic rings. The number of rotatable bonds is 11. The number of hydrogen-bond donors (Lipinski definition) is 2. The molecule has 0 saturated heterocycles. The topological polar surface area (TPSA) is 158 Å². The lowest BCUT2D eigenvalue weighted by Gasteiger charge is -2.27. The van der Waals surface area contributed by atoms with Crippen LogP contribution < -0.4 is 14.8 Å². The van der Waals surface area contributed by atoms with E-state index >= 15 is 0 Å². The van der Waals surface area contributed by atoms with Crippen molar-refractivity contribution in [1.29, 1.82) is 0 Å². The zero-order valence-electron chi connectivity index (χ0n) is 19.8. The summed E-state index contributed by atoms with van der Waals surface area (Å²) in [6.07, 6.45) is 7.35. The van der Waals surface area contributed by atoms with Crippen molar-refractivity contribution in [2.75, 3.05) is 36.6 Å². The lowest BCUT2D eigenvalue weighted by Crippen LogP contribution is -2.40. The second kappa shape index (κ2) is 11.1. The number of hydrogen-bond acceptors (Lipinski definition) is 10. The van der Waals surface area contributed by atoms with E-state index in [-0.39, 0.29) is 19.0 Å². The van der Waals surface area contributed by atoms with Gasteiger partial charge in [-0.1, -0.05) is 0 Å². The summed E-state index contributed by atoms with van der Waals surface area (Å²) in [5.74, 6) is 0.210. The summed E-state index contributed by atoms with van der Waals surface area (Å²) in [4.78, 5) is 34.4. The van der Waals surface area contributed by atoms with Gasteiger partial charge in [0.2, 0.25) is 27.8 Å². The van der Waals surface area contributed by atoms with Crippen LogP contribution in [0.2, 0.25) is 0 Å². The Bertz CT molecular complexity index is 1270. The number of ether oxygens (including phenoxy) is 2. The standard InChI is InChI=1S/C22H27N7O5S/c1-5-34-19-14-23-13-16(26-19)15-6-7-18(25-12-15)28-20(30)22(2,9-11-33-3)17-8-10-24-21(27-17)29-35(4,31)32/h6-8,10,12-14H,5,9,11H2,1-4H3,(H,24,27,29)(H,25,28,30). The van der Waals surface area contributed by atoms with Crippen LogP contribution in [0.15, 0.2) is 43.0 Å². The van der Waals surface area contributed by atoms with Crippen molar-refractivity contribution >= 4 is 27.7 Å². The number of carbonyl (C=O) groups is 1. The first kappa shape index (κ1) is 25.9. The van der Waals surface area contributed by atoms with Crippen LogP contribution in [0.3, 0.4) is 0 Å². The molecule has 35 heavy (non-hydrogen) atoms. The fourth-order valence-electron chi connectivity index (χ4n) is 3.12. The highest BCUT2D eigenvalue weighted by molar-refractivity contribution is 7.91. The molecule has 0 spiro atoms. The van der Waals surface area contributed by atoms with Gasteiger partial charge < -0.3 is 14.8 Å². The molecule has 186 valence electrons. The highest BCUT2D eigenvalue weighted by Gasteiger charge is 2.37. The molecular formula is C22H27N7O5S. The lowest BCUT2D eigenvalue weighted by atomic mass is 9.82. The highest BCUT2D eigenvalue weighted by atomic mass is 32.2. The van der Waals surface area contributed by atoms with Gasteiger partial charge in [-0.25, -0.2) is 28.4 Å². The first-order valence-electron chi connectivity index (χ1n) is 10.7. The Hall–Kier alpha value is -3.71. The maximum absolute atomic E-state index is 13.4. The predicted octanol–water partition coefficient (Wildman–Crippen LogP) is 2.03. The maximum atomic E-state index is 13.4. The van der Waals surface area contributed by atoms with Crippen molar-refractivity contribution in [2.24, 2.45) is 0 Å². The smallest absolute Gasteiger partial charge is 0.237 e. The van der Waals surface area contributed by atoms with Crippen LogP contribution in [0, 0.1) is 0 Å². The fourth-order valence-corrected chi connectivity index (χ4v) is 3.55. The summed E-state index contributed by atoms with van der Waals surface area (Å²) in [6, 6.07) is 4.96. The fraction of sp³-hybridized carbons (Fsp3) is 0.364. The van der Waals surface area contributed by atoms with Gasteiger partial charge in [-0.3, -0.25) is 14.5 Å². The molecule has 0 aromatic carbocycles. The van der Waals surface area contributed by atoms with E-state index < -0.39 is 21.3 Å². The molecule has 0 fully saturated rings. The van der Waals surface area contributed by atoms with Gasteiger partial charge in [0, 0.05) is 31.7 Å². The van der Waals surface area contributed by atoms with Crippen molar-refractivity contribution in [3.8, 4) is 17.1 Å². The van der Waals surface area contributed by atoms with Crippen LogP contribution in [0.25, 0.3) is 11.3 Å². The van der Waals surface area contributed by atoms with Gasteiger partial charge in [0.1, 0.15) is 5.82 Å².